The van der Waals surface area contributed by atoms with Gasteiger partial charge in [-0.15, -0.1) is 0 Å². The number of hydrogen-bond donors (Lipinski definition) is 3. The van der Waals surface area contributed by atoms with E-state index in [9.17, 15) is 15.0 Å². The van der Waals surface area contributed by atoms with Crippen molar-refractivity contribution < 1.29 is 20.1 Å². The molecular formula is C21H36O4. The van der Waals surface area contributed by atoms with Crippen molar-refractivity contribution in [2.75, 3.05) is 0 Å². The second-order valence-electron chi connectivity index (χ2n) is 6.96. The predicted molar refractivity (Wildman–Crippen MR) is 103 cm³/mol. The Morgan fingerprint density at radius 1 is 1.08 bits per heavy atom. The average Bonchev–Trinajstić information content (AvgIpc) is 2.56. The number of allylic oxidation sites excluding steroid dienone is 3. The zero-order valence-electron chi connectivity index (χ0n) is 16.5. The average molecular weight is 353 g/mol. The summed E-state index contributed by atoms with van der Waals surface area (Å²) in [7, 11) is 0. The first-order valence-corrected chi connectivity index (χ1v) is 9.35. The van der Waals surface area contributed by atoms with Crippen LogP contribution in [0.2, 0.25) is 0 Å². The Balaban J connectivity index is 5.29. The van der Waals surface area contributed by atoms with Crippen LogP contribution < -0.4 is 0 Å². The third-order valence-corrected chi connectivity index (χ3v) is 4.64. The summed E-state index contributed by atoms with van der Waals surface area (Å²) in [6.07, 6.45) is 12.2. The lowest BCUT2D eigenvalue weighted by Crippen LogP contribution is -2.38. The molecule has 0 saturated heterocycles. The molecule has 144 valence electrons. The van der Waals surface area contributed by atoms with Gasteiger partial charge in [0.25, 0.3) is 0 Å². The normalized spacial score (nSPS) is 19.1. The molecule has 0 aromatic heterocycles. The fourth-order valence-electron chi connectivity index (χ4n) is 2.94. The standard InChI is InChI=1S/C21H36O4/c1-6-10-11-18(7-2)14-17(5)15-21(25,9-4)16-20(24,8-3)13-12-19(22)23/h10-13,15,18,24-25H,6-9,14,16H2,1-5H3,(H,22,23)/b11-10+,13-12+,17-15+/t18-,20+,21-/m0/s1. The molecule has 0 heterocycles. The zero-order valence-corrected chi connectivity index (χ0v) is 16.5. The minimum Gasteiger partial charge on any atom is -0.478 e. The quantitative estimate of drug-likeness (QED) is 0.353. The molecule has 0 unspecified atom stereocenters. The summed E-state index contributed by atoms with van der Waals surface area (Å²) in [5.74, 6) is -0.665. The van der Waals surface area contributed by atoms with Crippen molar-refractivity contribution in [2.45, 2.75) is 84.3 Å². The first-order chi connectivity index (χ1) is 11.6. The summed E-state index contributed by atoms with van der Waals surface area (Å²) in [5, 5.41) is 30.4. The molecule has 4 heteroatoms. The molecule has 0 aromatic carbocycles. The Morgan fingerprint density at radius 2 is 1.68 bits per heavy atom. The van der Waals surface area contributed by atoms with Gasteiger partial charge in [0.05, 0.1) is 11.2 Å². The Labute approximate surface area is 153 Å². The Morgan fingerprint density at radius 3 is 2.12 bits per heavy atom. The Bertz CT molecular complexity index is 492. The smallest absolute Gasteiger partial charge is 0.328 e. The number of carbonyl (C=O) groups is 1. The van der Waals surface area contributed by atoms with Crippen LogP contribution in [-0.4, -0.2) is 32.5 Å². The molecule has 0 aliphatic rings. The molecular weight excluding hydrogens is 316 g/mol. The molecule has 3 atom stereocenters. The van der Waals surface area contributed by atoms with E-state index in [1.54, 1.807) is 6.92 Å². The highest BCUT2D eigenvalue weighted by molar-refractivity contribution is 5.79. The second kappa shape index (κ2) is 11.3. The van der Waals surface area contributed by atoms with E-state index in [0.717, 1.165) is 30.9 Å². The van der Waals surface area contributed by atoms with E-state index in [4.69, 9.17) is 5.11 Å². The molecule has 0 amide bonds. The van der Waals surface area contributed by atoms with E-state index >= 15 is 0 Å². The molecule has 0 aliphatic heterocycles. The van der Waals surface area contributed by atoms with E-state index in [1.807, 2.05) is 19.9 Å². The van der Waals surface area contributed by atoms with Gasteiger partial charge in [0.15, 0.2) is 0 Å². The van der Waals surface area contributed by atoms with Gasteiger partial charge in [-0.3, -0.25) is 0 Å². The van der Waals surface area contributed by atoms with Gasteiger partial charge in [-0.25, -0.2) is 4.79 Å². The van der Waals surface area contributed by atoms with Crippen LogP contribution in [0.25, 0.3) is 0 Å². The minimum absolute atomic E-state index is 0.0791. The van der Waals surface area contributed by atoms with Gasteiger partial charge < -0.3 is 15.3 Å². The zero-order chi connectivity index (χ0) is 19.5. The maximum Gasteiger partial charge on any atom is 0.328 e. The molecule has 0 bridgehead atoms. The van der Waals surface area contributed by atoms with Crippen LogP contribution >= 0.6 is 0 Å². The van der Waals surface area contributed by atoms with Gasteiger partial charge in [-0.1, -0.05) is 51.5 Å². The van der Waals surface area contributed by atoms with Crippen LogP contribution in [0.5, 0.6) is 0 Å². The molecule has 25 heavy (non-hydrogen) atoms. The Kier molecular flexibility index (Phi) is 10.6. The number of aliphatic hydroxyl groups is 2. The van der Waals surface area contributed by atoms with Gasteiger partial charge in [0.2, 0.25) is 0 Å². The molecule has 0 radical (unpaired) electrons. The van der Waals surface area contributed by atoms with E-state index in [0.29, 0.717) is 18.8 Å². The van der Waals surface area contributed by atoms with Crippen molar-refractivity contribution in [3.63, 3.8) is 0 Å². The van der Waals surface area contributed by atoms with Gasteiger partial charge in [0, 0.05) is 12.5 Å². The maximum atomic E-state index is 10.9. The second-order valence-corrected chi connectivity index (χ2v) is 6.96. The van der Waals surface area contributed by atoms with Crippen molar-refractivity contribution in [2.24, 2.45) is 5.92 Å². The summed E-state index contributed by atoms with van der Waals surface area (Å²) in [6, 6.07) is 0. The lowest BCUT2D eigenvalue weighted by Gasteiger charge is -2.33. The summed E-state index contributed by atoms with van der Waals surface area (Å²) < 4.78 is 0. The lowest BCUT2D eigenvalue weighted by atomic mass is 9.81. The maximum absolute atomic E-state index is 10.9. The van der Waals surface area contributed by atoms with Crippen molar-refractivity contribution in [3.05, 3.63) is 36.0 Å². The number of hydrogen-bond acceptors (Lipinski definition) is 3. The van der Waals surface area contributed by atoms with Crippen molar-refractivity contribution in [1.29, 1.82) is 0 Å². The van der Waals surface area contributed by atoms with Gasteiger partial charge in [-0.2, -0.15) is 0 Å². The first kappa shape index (κ1) is 23.6. The molecule has 0 aliphatic carbocycles. The fourth-order valence-corrected chi connectivity index (χ4v) is 2.94. The summed E-state index contributed by atoms with van der Waals surface area (Å²) in [5.41, 5.74) is -1.42. The van der Waals surface area contributed by atoms with Gasteiger partial charge in [-0.05, 0) is 51.0 Å². The Hall–Kier alpha value is -1.39. The largest absolute Gasteiger partial charge is 0.478 e. The van der Waals surface area contributed by atoms with Gasteiger partial charge >= 0.3 is 5.97 Å². The predicted octanol–water partition coefficient (Wildman–Crippen LogP) is 4.63. The third-order valence-electron chi connectivity index (χ3n) is 4.64. The molecule has 4 nitrogen and oxygen atoms in total. The van der Waals surface area contributed by atoms with Crippen LogP contribution in [0.15, 0.2) is 36.0 Å². The first-order valence-electron chi connectivity index (χ1n) is 9.35. The molecule has 0 spiro atoms. The third kappa shape index (κ3) is 9.61. The number of rotatable bonds is 12. The topological polar surface area (TPSA) is 77.8 Å². The summed E-state index contributed by atoms with van der Waals surface area (Å²) in [4.78, 5) is 10.7. The van der Waals surface area contributed by atoms with Crippen LogP contribution in [0.4, 0.5) is 0 Å². The number of carboxylic acid groups (broad SMARTS) is 1. The fraction of sp³-hybridized carbons (Fsp3) is 0.667. The summed E-state index contributed by atoms with van der Waals surface area (Å²) >= 11 is 0. The van der Waals surface area contributed by atoms with Crippen LogP contribution in [0.3, 0.4) is 0 Å². The molecule has 0 rings (SSSR count). The van der Waals surface area contributed by atoms with Crippen LogP contribution in [0.1, 0.15) is 73.1 Å². The van der Waals surface area contributed by atoms with Crippen molar-refractivity contribution >= 4 is 5.97 Å². The lowest BCUT2D eigenvalue weighted by molar-refractivity contribution is -0.131. The molecule has 0 fully saturated rings. The van der Waals surface area contributed by atoms with E-state index in [1.165, 1.54) is 6.08 Å². The molecule has 0 saturated carbocycles. The van der Waals surface area contributed by atoms with Crippen LogP contribution in [-0.2, 0) is 4.79 Å². The summed E-state index contributed by atoms with van der Waals surface area (Å²) in [6.45, 7) is 9.91. The van der Waals surface area contributed by atoms with Crippen LogP contribution in [0, 0.1) is 5.92 Å². The van der Waals surface area contributed by atoms with E-state index in [2.05, 4.69) is 26.0 Å². The molecule has 0 aromatic rings. The highest BCUT2D eigenvalue weighted by Gasteiger charge is 2.34. The minimum atomic E-state index is -1.34. The van der Waals surface area contributed by atoms with Gasteiger partial charge in [0.1, 0.15) is 0 Å². The highest BCUT2D eigenvalue weighted by Crippen LogP contribution is 2.31. The number of aliphatic carboxylic acids is 1. The monoisotopic (exact) mass is 352 g/mol. The van der Waals surface area contributed by atoms with Crippen molar-refractivity contribution in [3.8, 4) is 0 Å². The van der Waals surface area contributed by atoms with Crippen molar-refractivity contribution in [1.82, 2.24) is 0 Å². The van der Waals surface area contributed by atoms with E-state index < -0.39 is 17.2 Å². The highest BCUT2D eigenvalue weighted by atomic mass is 16.4. The SMILES string of the molecule is CC/C=C/[C@H](CC)C/C(C)=C/[C@@](O)(CC)C[C@](O)(/C=C/C(=O)O)CC. The number of carboxylic acids is 1. The van der Waals surface area contributed by atoms with E-state index in [-0.39, 0.29) is 6.42 Å². The molecule has 3 N–H and O–H groups in total.